The molecule has 0 aliphatic carbocycles. The highest BCUT2D eigenvalue weighted by molar-refractivity contribution is 5.80. The van der Waals surface area contributed by atoms with Crippen LogP contribution in [0, 0.1) is 0 Å². The van der Waals surface area contributed by atoms with Crippen LogP contribution in [0.15, 0.2) is 27.9 Å². The van der Waals surface area contributed by atoms with E-state index in [0.29, 0.717) is 16.9 Å². The summed E-state index contributed by atoms with van der Waals surface area (Å²) in [6, 6.07) is 1.35. The molecule has 0 bridgehead atoms. The van der Waals surface area contributed by atoms with Crippen LogP contribution in [0.5, 0.6) is 0 Å². The van der Waals surface area contributed by atoms with Gasteiger partial charge in [-0.25, -0.2) is 4.79 Å². The lowest BCUT2D eigenvalue weighted by atomic mass is 10.0. The molecule has 0 fully saturated rings. The van der Waals surface area contributed by atoms with Gasteiger partial charge in [-0.2, -0.15) is 0 Å². The summed E-state index contributed by atoms with van der Waals surface area (Å²) in [6.45, 7) is 7.17. The Morgan fingerprint density at radius 3 is 2.76 bits per heavy atom. The summed E-state index contributed by atoms with van der Waals surface area (Å²) >= 11 is 0. The van der Waals surface area contributed by atoms with Crippen molar-refractivity contribution in [2.24, 2.45) is 0 Å². The van der Waals surface area contributed by atoms with Crippen molar-refractivity contribution in [1.82, 2.24) is 0 Å². The minimum absolute atomic E-state index is 0.00382. The summed E-state index contributed by atoms with van der Waals surface area (Å²) in [4.78, 5) is 22.5. The Labute approximate surface area is 100 Å². The molecule has 0 aliphatic rings. The van der Waals surface area contributed by atoms with Crippen LogP contribution >= 0.6 is 0 Å². The second kappa shape index (κ2) is 5.99. The average Bonchev–Trinajstić information content (AvgIpc) is 2.25. The summed E-state index contributed by atoms with van der Waals surface area (Å²) in [5, 5.41) is 0. The standard InChI is InChI=1S/C14H16O3/c1-4-6-7-13-12(5-2)11(8-10(3)15)9-14(16)17-13/h5-7,9H,2,4,8H2,1,3H3/b7-6-. The van der Waals surface area contributed by atoms with Gasteiger partial charge in [-0.1, -0.05) is 25.7 Å². The van der Waals surface area contributed by atoms with Gasteiger partial charge >= 0.3 is 5.63 Å². The van der Waals surface area contributed by atoms with Crippen molar-refractivity contribution in [3.63, 3.8) is 0 Å². The Kier molecular flexibility index (Phi) is 4.64. The van der Waals surface area contributed by atoms with Gasteiger partial charge in [0.1, 0.15) is 11.5 Å². The molecular weight excluding hydrogens is 216 g/mol. The zero-order valence-corrected chi connectivity index (χ0v) is 10.2. The van der Waals surface area contributed by atoms with Gasteiger partial charge in [0, 0.05) is 18.1 Å². The van der Waals surface area contributed by atoms with Crippen LogP contribution in [0.1, 0.15) is 37.2 Å². The topological polar surface area (TPSA) is 47.3 Å². The van der Waals surface area contributed by atoms with Gasteiger partial charge in [0.05, 0.1) is 0 Å². The van der Waals surface area contributed by atoms with Crippen molar-refractivity contribution in [3.05, 3.63) is 46.0 Å². The maximum atomic E-state index is 11.4. The van der Waals surface area contributed by atoms with E-state index < -0.39 is 5.63 Å². The highest BCUT2D eigenvalue weighted by Gasteiger charge is 2.09. The number of carbonyl (C=O) groups is 1. The molecule has 0 N–H and O–H groups in total. The summed E-state index contributed by atoms with van der Waals surface area (Å²) in [6.07, 6.45) is 6.30. The molecule has 17 heavy (non-hydrogen) atoms. The number of Topliss-reactive ketones (excluding diaryl/α,β-unsaturated/α-hetero) is 1. The highest BCUT2D eigenvalue weighted by Crippen LogP contribution is 2.17. The first kappa shape index (κ1) is 13.2. The van der Waals surface area contributed by atoms with Gasteiger partial charge in [0.2, 0.25) is 0 Å². The summed E-state index contributed by atoms with van der Waals surface area (Å²) in [7, 11) is 0. The first-order valence-electron chi connectivity index (χ1n) is 5.54. The molecule has 1 aromatic heterocycles. The molecule has 1 rings (SSSR count). The maximum absolute atomic E-state index is 11.4. The maximum Gasteiger partial charge on any atom is 0.336 e. The minimum atomic E-state index is -0.442. The van der Waals surface area contributed by atoms with Crippen molar-refractivity contribution in [3.8, 4) is 0 Å². The molecule has 0 aromatic carbocycles. The molecule has 0 amide bonds. The third-order valence-corrected chi connectivity index (χ3v) is 2.26. The van der Waals surface area contributed by atoms with E-state index in [9.17, 15) is 9.59 Å². The zero-order valence-electron chi connectivity index (χ0n) is 10.2. The number of allylic oxidation sites excluding steroid dienone is 1. The van der Waals surface area contributed by atoms with Crippen LogP contribution in [-0.4, -0.2) is 5.78 Å². The first-order valence-corrected chi connectivity index (χ1v) is 5.54. The SMILES string of the molecule is C=Cc1c(CC(C)=O)cc(=O)oc1/C=C\CC. The number of hydrogen-bond acceptors (Lipinski definition) is 3. The van der Waals surface area contributed by atoms with Gasteiger partial charge < -0.3 is 4.42 Å². The second-order valence-corrected chi connectivity index (χ2v) is 3.76. The van der Waals surface area contributed by atoms with Crippen LogP contribution in [0.3, 0.4) is 0 Å². The van der Waals surface area contributed by atoms with Crippen LogP contribution < -0.4 is 5.63 Å². The van der Waals surface area contributed by atoms with Gasteiger partial charge in [-0.05, 0) is 25.0 Å². The number of carbonyl (C=O) groups excluding carboxylic acids is 1. The quantitative estimate of drug-likeness (QED) is 0.784. The Bertz CT molecular complexity index is 507. The smallest absolute Gasteiger partial charge is 0.336 e. The van der Waals surface area contributed by atoms with Gasteiger partial charge in [-0.15, -0.1) is 0 Å². The predicted molar refractivity (Wildman–Crippen MR) is 68.8 cm³/mol. The molecule has 3 nitrogen and oxygen atoms in total. The fourth-order valence-corrected chi connectivity index (χ4v) is 1.57. The van der Waals surface area contributed by atoms with E-state index in [-0.39, 0.29) is 12.2 Å². The largest absolute Gasteiger partial charge is 0.423 e. The van der Waals surface area contributed by atoms with E-state index in [1.165, 1.54) is 13.0 Å². The van der Waals surface area contributed by atoms with Crippen LogP contribution in [0.4, 0.5) is 0 Å². The molecule has 1 heterocycles. The first-order chi connectivity index (χ1) is 8.08. The molecule has 0 aliphatic heterocycles. The third-order valence-electron chi connectivity index (χ3n) is 2.26. The lowest BCUT2D eigenvalue weighted by Gasteiger charge is -2.05. The lowest BCUT2D eigenvalue weighted by molar-refractivity contribution is -0.116. The molecule has 0 radical (unpaired) electrons. The van der Waals surface area contributed by atoms with Crippen LogP contribution in [-0.2, 0) is 11.2 Å². The molecule has 90 valence electrons. The summed E-state index contributed by atoms with van der Waals surface area (Å²) in [5.74, 6) is 0.467. The predicted octanol–water partition coefficient (Wildman–Crippen LogP) is 2.84. The summed E-state index contributed by atoms with van der Waals surface area (Å²) in [5.41, 5.74) is 0.937. The summed E-state index contributed by atoms with van der Waals surface area (Å²) < 4.78 is 5.10. The number of rotatable bonds is 5. The minimum Gasteiger partial charge on any atom is -0.423 e. The molecular formula is C14H16O3. The van der Waals surface area contributed by atoms with Gasteiger partial charge in [-0.3, -0.25) is 4.79 Å². The van der Waals surface area contributed by atoms with Crippen molar-refractivity contribution in [2.45, 2.75) is 26.7 Å². The lowest BCUT2D eigenvalue weighted by Crippen LogP contribution is -2.07. The van der Waals surface area contributed by atoms with E-state index in [2.05, 4.69) is 6.58 Å². The number of hydrogen-bond donors (Lipinski definition) is 0. The average molecular weight is 232 g/mol. The number of ketones is 1. The molecule has 0 atom stereocenters. The van der Waals surface area contributed by atoms with Crippen LogP contribution in [0.25, 0.3) is 12.2 Å². The van der Waals surface area contributed by atoms with Crippen LogP contribution in [0.2, 0.25) is 0 Å². The fraction of sp³-hybridized carbons (Fsp3) is 0.286. The Morgan fingerprint density at radius 1 is 1.53 bits per heavy atom. The van der Waals surface area contributed by atoms with Crippen molar-refractivity contribution in [1.29, 1.82) is 0 Å². The Hall–Kier alpha value is -1.90. The molecule has 3 heteroatoms. The fourth-order valence-electron chi connectivity index (χ4n) is 1.57. The van der Waals surface area contributed by atoms with Crippen molar-refractivity contribution in [2.75, 3.05) is 0 Å². The van der Waals surface area contributed by atoms with E-state index >= 15 is 0 Å². The zero-order chi connectivity index (χ0) is 12.8. The van der Waals surface area contributed by atoms with E-state index in [1.54, 1.807) is 12.2 Å². The third kappa shape index (κ3) is 3.55. The van der Waals surface area contributed by atoms with Gasteiger partial charge in [0.15, 0.2) is 0 Å². The highest BCUT2D eigenvalue weighted by atomic mass is 16.4. The molecule has 0 saturated carbocycles. The molecule has 0 spiro atoms. The van der Waals surface area contributed by atoms with E-state index in [4.69, 9.17) is 4.42 Å². The van der Waals surface area contributed by atoms with Crippen molar-refractivity contribution >= 4 is 17.9 Å². The monoisotopic (exact) mass is 232 g/mol. The van der Waals surface area contributed by atoms with Crippen molar-refractivity contribution < 1.29 is 9.21 Å². The van der Waals surface area contributed by atoms with Gasteiger partial charge in [0.25, 0.3) is 0 Å². The van der Waals surface area contributed by atoms with E-state index in [1.807, 2.05) is 13.0 Å². The normalized spacial score (nSPS) is 10.7. The second-order valence-electron chi connectivity index (χ2n) is 3.76. The Morgan fingerprint density at radius 2 is 2.24 bits per heavy atom. The van der Waals surface area contributed by atoms with E-state index in [0.717, 1.165) is 6.42 Å². The Balaban J connectivity index is 3.34. The molecule has 0 unspecified atom stereocenters. The molecule has 1 aromatic rings. The molecule has 0 saturated heterocycles.